The minimum Gasteiger partial charge on any atom is -0.496 e. The van der Waals surface area contributed by atoms with Gasteiger partial charge in [0.1, 0.15) is 11.5 Å². The summed E-state index contributed by atoms with van der Waals surface area (Å²) in [6, 6.07) is 9.95. The van der Waals surface area contributed by atoms with Crippen LogP contribution in [0, 0.1) is 3.57 Å². The lowest BCUT2D eigenvalue weighted by Crippen LogP contribution is -2.48. The molecule has 10 heteroatoms. The molecule has 0 aromatic heterocycles. The third kappa shape index (κ3) is 6.82. The molecule has 2 aromatic rings. The van der Waals surface area contributed by atoms with Crippen molar-refractivity contribution in [3.05, 3.63) is 55.6 Å². The lowest BCUT2D eigenvalue weighted by Gasteiger charge is -2.13. The normalized spacial score (nSPS) is 10.3. The van der Waals surface area contributed by atoms with E-state index in [0.717, 1.165) is 3.57 Å². The Morgan fingerprint density at radius 2 is 1.66 bits per heavy atom. The number of hydrazine groups is 1. The molecule has 2 amide bonds. The summed E-state index contributed by atoms with van der Waals surface area (Å²) in [5.74, 6) is 0.486. The first kappa shape index (κ1) is 23.4. The van der Waals surface area contributed by atoms with Crippen LogP contribution in [0.5, 0.6) is 11.5 Å². The second-order valence-corrected chi connectivity index (χ2v) is 8.45. The van der Waals surface area contributed by atoms with Crippen LogP contribution in [0.4, 0.5) is 0 Å². The topological polar surface area (TPSA) is 88.7 Å². The number of methoxy groups -OCH3 is 1. The largest absolute Gasteiger partial charge is 0.496 e. The molecule has 7 nitrogen and oxygen atoms in total. The Balaban J connectivity index is 1.91. The first-order valence-electron chi connectivity index (χ1n) is 8.42. The molecular formula is C19H19BrIN3O4S. The molecule has 0 aliphatic heterocycles. The summed E-state index contributed by atoms with van der Waals surface area (Å²) in [4.78, 5) is 24.6. The number of amides is 2. The predicted molar refractivity (Wildman–Crippen MR) is 126 cm³/mol. The SMILES string of the molecule is COc1ccc(C(=O)NNC(=S)NC(=O)c2ccc(OC(C)C)c(Br)c2)cc1I. The molecule has 3 N–H and O–H groups in total. The van der Waals surface area contributed by atoms with Crippen LogP contribution in [0.15, 0.2) is 40.9 Å². The molecule has 0 atom stereocenters. The Labute approximate surface area is 196 Å². The van der Waals surface area contributed by atoms with Crippen molar-refractivity contribution in [3.8, 4) is 11.5 Å². The highest BCUT2D eigenvalue weighted by atomic mass is 127. The van der Waals surface area contributed by atoms with Gasteiger partial charge in [0, 0.05) is 11.1 Å². The quantitative estimate of drug-likeness (QED) is 0.278. The zero-order valence-electron chi connectivity index (χ0n) is 15.8. The summed E-state index contributed by atoms with van der Waals surface area (Å²) in [7, 11) is 1.56. The molecule has 0 spiro atoms. The summed E-state index contributed by atoms with van der Waals surface area (Å²) < 4.78 is 12.2. The highest BCUT2D eigenvalue weighted by molar-refractivity contribution is 14.1. The number of benzene rings is 2. The number of hydrogen-bond donors (Lipinski definition) is 3. The van der Waals surface area contributed by atoms with E-state index in [4.69, 9.17) is 21.7 Å². The Kier molecular flexibility index (Phi) is 8.65. The van der Waals surface area contributed by atoms with Gasteiger partial charge in [0.2, 0.25) is 0 Å². The number of carbonyl (C=O) groups is 2. The van der Waals surface area contributed by atoms with Crippen molar-refractivity contribution in [1.29, 1.82) is 0 Å². The van der Waals surface area contributed by atoms with Gasteiger partial charge in [0.05, 0.1) is 21.3 Å². The molecule has 2 aromatic carbocycles. The van der Waals surface area contributed by atoms with Gasteiger partial charge in [-0.05, 0) is 101 Å². The highest BCUT2D eigenvalue weighted by Crippen LogP contribution is 2.27. The van der Waals surface area contributed by atoms with Crippen molar-refractivity contribution in [2.24, 2.45) is 0 Å². The summed E-state index contributed by atoms with van der Waals surface area (Å²) in [6.45, 7) is 3.83. The second-order valence-electron chi connectivity index (χ2n) is 6.02. The van der Waals surface area contributed by atoms with Crippen LogP contribution in [-0.4, -0.2) is 30.1 Å². The van der Waals surface area contributed by atoms with E-state index < -0.39 is 11.8 Å². The average molecular weight is 592 g/mol. The van der Waals surface area contributed by atoms with Gasteiger partial charge in [-0.3, -0.25) is 25.8 Å². The summed E-state index contributed by atoms with van der Waals surface area (Å²) >= 11 is 10.5. The number of thiocarbonyl (C=S) groups is 1. The zero-order chi connectivity index (χ0) is 21.6. The Bertz CT molecular complexity index is 940. The van der Waals surface area contributed by atoms with Gasteiger partial charge in [-0.1, -0.05) is 0 Å². The fourth-order valence-corrected chi connectivity index (χ4v) is 3.54. The van der Waals surface area contributed by atoms with Gasteiger partial charge >= 0.3 is 0 Å². The zero-order valence-corrected chi connectivity index (χ0v) is 20.4. The monoisotopic (exact) mass is 591 g/mol. The highest BCUT2D eigenvalue weighted by Gasteiger charge is 2.13. The third-order valence-corrected chi connectivity index (χ3v) is 5.15. The number of rotatable bonds is 5. The molecule has 29 heavy (non-hydrogen) atoms. The molecule has 0 fully saturated rings. The van der Waals surface area contributed by atoms with Crippen LogP contribution in [-0.2, 0) is 0 Å². The maximum Gasteiger partial charge on any atom is 0.269 e. The van der Waals surface area contributed by atoms with Crippen molar-refractivity contribution in [1.82, 2.24) is 16.2 Å². The molecule has 0 aliphatic rings. The van der Waals surface area contributed by atoms with Gasteiger partial charge in [-0.15, -0.1) is 0 Å². The standard InChI is InChI=1S/C19H19BrIN3O4S/c1-10(2)28-15-6-4-11(8-13(15)20)17(25)22-19(29)24-23-18(26)12-5-7-16(27-3)14(21)9-12/h4-10H,1-3H3,(H,23,26)(H2,22,24,25,29). The second kappa shape index (κ2) is 10.7. The average Bonchev–Trinajstić information content (AvgIpc) is 2.67. The number of ether oxygens (including phenoxy) is 2. The molecule has 154 valence electrons. The Morgan fingerprint density at radius 1 is 1.03 bits per heavy atom. The van der Waals surface area contributed by atoms with E-state index >= 15 is 0 Å². The van der Waals surface area contributed by atoms with Gasteiger partial charge in [0.25, 0.3) is 11.8 Å². The van der Waals surface area contributed by atoms with Crippen molar-refractivity contribution in [3.63, 3.8) is 0 Å². The smallest absolute Gasteiger partial charge is 0.269 e. The van der Waals surface area contributed by atoms with Gasteiger partial charge in [-0.25, -0.2) is 0 Å². The third-order valence-electron chi connectivity index (χ3n) is 3.49. The maximum atomic E-state index is 12.3. The van der Waals surface area contributed by atoms with Crippen LogP contribution in [0.2, 0.25) is 0 Å². The molecule has 0 unspecified atom stereocenters. The number of carbonyl (C=O) groups excluding carboxylic acids is 2. The van der Waals surface area contributed by atoms with Crippen LogP contribution in [0.3, 0.4) is 0 Å². The van der Waals surface area contributed by atoms with E-state index in [9.17, 15) is 9.59 Å². The van der Waals surface area contributed by atoms with E-state index in [1.54, 1.807) is 43.5 Å². The number of hydrogen-bond acceptors (Lipinski definition) is 5. The fourth-order valence-electron chi connectivity index (χ4n) is 2.19. The Morgan fingerprint density at radius 3 is 2.21 bits per heavy atom. The molecule has 0 bridgehead atoms. The lowest BCUT2D eigenvalue weighted by molar-refractivity contribution is 0.0934. The van der Waals surface area contributed by atoms with Gasteiger partial charge in [0.15, 0.2) is 5.11 Å². The van der Waals surface area contributed by atoms with Crippen LogP contribution < -0.4 is 25.6 Å². The Hall–Kier alpha value is -1.92. The van der Waals surface area contributed by atoms with Crippen LogP contribution in [0.1, 0.15) is 34.6 Å². The molecule has 0 aliphatic carbocycles. The fraction of sp³-hybridized carbons (Fsp3) is 0.211. The first-order chi connectivity index (χ1) is 13.7. The minimum absolute atomic E-state index is 0.0142. The predicted octanol–water partition coefficient (Wildman–Crippen LogP) is 3.80. The van der Waals surface area contributed by atoms with E-state index in [1.807, 2.05) is 13.8 Å². The first-order valence-corrected chi connectivity index (χ1v) is 10.7. The van der Waals surface area contributed by atoms with Crippen molar-refractivity contribution < 1.29 is 19.1 Å². The number of halogens is 2. The van der Waals surface area contributed by atoms with E-state index in [2.05, 4.69) is 54.7 Å². The molecule has 0 radical (unpaired) electrons. The molecule has 0 saturated heterocycles. The van der Waals surface area contributed by atoms with E-state index in [-0.39, 0.29) is 11.2 Å². The minimum atomic E-state index is -0.424. The summed E-state index contributed by atoms with van der Waals surface area (Å²) in [5.41, 5.74) is 5.76. The van der Waals surface area contributed by atoms with Gasteiger partial charge in [-0.2, -0.15) is 0 Å². The van der Waals surface area contributed by atoms with Crippen LogP contribution in [0.25, 0.3) is 0 Å². The van der Waals surface area contributed by atoms with Crippen molar-refractivity contribution in [2.75, 3.05) is 7.11 Å². The maximum absolute atomic E-state index is 12.3. The molecule has 2 rings (SSSR count). The molecule has 0 heterocycles. The summed E-state index contributed by atoms with van der Waals surface area (Å²) in [5, 5.41) is 2.47. The summed E-state index contributed by atoms with van der Waals surface area (Å²) in [6.07, 6.45) is 0.0142. The van der Waals surface area contributed by atoms with E-state index in [0.29, 0.717) is 27.1 Å². The van der Waals surface area contributed by atoms with E-state index in [1.165, 1.54) is 0 Å². The number of nitrogens with one attached hydrogen (secondary N) is 3. The van der Waals surface area contributed by atoms with Crippen LogP contribution >= 0.6 is 50.7 Å². The van der Waals surface area contributed by atoms with Crippen molar-refractivity contribution >= 4 is 67.7 Å². The van der Waals surface area contributed by atoms with Crippen molar-refractivity contribution in [2.45, 2.75) is 20.0 Å². The lowest BCUT2D eigenvalue weighted by atomic mass is 10.2. The van der Waals surface area contributed by atoms with Gasteiger partial charge < -0.3 is 9.47 Å². The molecule has 0 saturated carbocycles. The molecular weight excluding hydrogens is 573 g/mol.